The fourth-order valence-corrected chi connectivity index (χ4v) is 3.29. The van der Waals surface area contributed by atoms with Crippen LogP contribution in [0.15, 0.2) is 47.4 Å². The van der Waals surface area contributed by atoms with Gasteiger partial charge in [0.1, 0.15) is 6.54 Å². The Kier molecular flexibility index (Phi) is 6.05. The van der Waals surface area contributed by atoms with Crippen molar-refractivity contribution in [2.75, 3.05) is 5.32 Å². The van der Waals surface area contributed by atoms with Crippen LogP contribution in [0.3, 0.4) is 0 Å². The van der Waals surface area contributed by atoms with Crippen molar-refractivity contribution < 1.29 is 22.8 Å². The summed E-state index contributed by atoms with van der Waals surface area (Å²) in [6.07, 6.45) is -0.126. The van der Waals surface area contributed by atoms with Crippen LogP contribution in [-0.2, 0) is 17.5 Å². The predicted octanol–water partition coefficient (Wildman–Crippen LogP) is 3.18. The first-order chi connectivity index (χ1) is 13.7. The third kappa shape index (κ3) is 5.24. The summed E-state index contributed by atoms with van der Waals surface area (Å²) in [5.41, 5.74) is -1.28. The fourth-order valence-electron chi connectivity index (χ4n) is 3.29. The van der Waals surface area contributed by atoms with Crippen LogP contribution in [0, 0.1) is 0 Å². The Morgan fingerprint density at radius 3 is 2.45 bits per heavy atom. The van der Waals surface area contributed by atoms with Gasteiger partial charge < -0.3 is 15.2 Å². The van der Waals surface area contributed by atoms with E-state index in [9.17, 15) is 27.6 Å². The molecule has 6 nitrogen and oxygen atoms in total. The molecule has 3 rings (SSSR count). The lowest BCUT2D eigenvalue weighted by molar-refractivity contribution is -0.138. The molecule has 2 amide bonds. The molecule has 9 heteroatoms. The summed E-state index contributed by atoms with van der Waals surface area (Å²) >= 11 is 0. The molecule has 29 heavy (non-hydrogen) atoms. The molecule has 2 aromatic rings. The maximum absolute atomic E-state index is 12.8. The molecule has 2 N–H and O–H groups in total. The van der Waals surface area contributed by atoms with Crippen molar-refractivity contribution in [3.63, 3.8) is 0 Å². The van der Waals surface area contributed by atoms with Crippen LogP contribution in [0.1, 0.15) is 41.6 Å². The fraction of sp³-hybridized carbons (Fsp3) is 0.350. The molecule has 1 aliphatic rings. The van der Waals surface area contributed by atoms with Crippen molar-refractivity contribution in [2.45, 2.75) is 44.4 Å². The van der Waals surface area contributed by atoms with Crippen LogP contribution >= 0.6 is 0 Å². The molecule has 0 atom stereocenters. The van der Waals surface area contributed by atoms with Gasteiger partial charge in [-0.3, -0.25) is 14.4 Å². The number of benzene rings is 1. The van der Waals surface area contributed by atoms with Crippen molar-refractivity contribution in [3.05, 3.63) is 64.1 Å². The number of anilines is 1. The van der Waals surface area contributed by atoms with Crippen molar-refractivity contribution in [1.29, 1.82) is 0 Å². The Labute approximate surface area is 164 Å². The van der Waals surface area contributed by atoms with Crippen molar-refractivity contribution in [3.8, 4) is 0 Å². The monoisotopic (exact) mass is 407 g/mol. The van der Waals surface area contributed by atoms with E-state index in [4.69, 9.17) is 0 Å². The van der Waals surface area contributed by atoms with E-state index in [1.807, 2.05) is 0 Å². The predicted molar refractivity (Wildman–Crippen MR) is 100 cm³/mol. The number of hydrogen-bond donors (Lipinski definition) is 2. The molecule has 1 aromatic heterocycles. The summed E-state index contributed by atoms with van der Waals surface area (Å²) in [5.74, 6) is -1.04. The van der Waals surface area contributed by atoms with Crippen LogP contribution < -0.4 is 16.2 Å². The minimum Gasteiger partial charge on any atom is -0.349 e. The van der Waals surface area contributed by atoms with Gasteiger partial charge in [0.15, 0.2) is 0 Å². The number of carbonyl (C=O) groups is 2. The van der Waals surface area contributed by atoms with Gasteiger partial charge in [-0.25, -0.2) is 0 Å². The normalized spacial score (nSPS) is 14.6. The van der Waals surface area contributed by atoms with Crippen LogP contribution in [0.4, 0.5) is 18.9 Å². The van der Waals surface area contributed by atoms with Gasteiger partial charge in [0.05, 0.1) is 16.8 Å². The number of pyridine rings is 1. The first kappa shape index (κ1) is 20.6. The number of alkyl halides is 3. The van der Waals surface area contributed by atoms with Gasteiger partial charge in [-0.1, -0.05) is 25.0 Å². The van der Waals surface area contributed by atoms with Gasteiger partial charge in [-0.2, -0.15) is 13.2 Å². The Hall–Kier alpha value is -3.10. The quantitative estimate of drug-likeness (QED) is 0.799. The number of para-hydroxylation sites is 1. The lowest BCUT2D eigenvalue weighted by Crippen LogP contribution is -2.33. The second-order valence-electron chi connectivity index (χ2n) is 6.93. The molecule has 1 aliphatic carbocycles. The topological polar surface area (TPSA) is 80.2 Å². The Morgan fingerprint density at radius 1 is 1.07 bits per heavy atom. The molecule has 0 saturated heterocycles. The summed E-state index contributed by atoms with van der Waals surface area (Å²) < 4.78 is 39.2. The molecular formula is C20H20F3N3O3. The first-order valence-corrected chi connectivity index (χ1v) is 9.21. The van der Waals surface area contributed by atoms with Crippen molar-refractivity contribution in [2.24, 2.45) is 0 Å². The Bertz CT molecular complexity index is 963. The van der Waals surface area contributed by atoms with E-state index in [2.05, 4.69) is 10.6 Å². The third-order valence-electron chi connectivity index (χ3n) is 4.76. The molecular weight excluding hydrogens is 387 g/mol. The van der Waals surface area contributed by atoms with Gasteiger partial charge in [0.25, 0.3) is 11.5 Å². The molecule has 0 aliphatic heterocycles. The second-order valence-corrected chi connectivity index (χ2v) is 6.93. The highest BCUT2D eigenvalue weighted by Crippen LogP contribution is 2.28. The maximum Gasteiger partial charge on any atom is 0.417 e. The van der Waals surface area contributed by atoms with E-state index in [-0.39, 0.29) is 23.2 Å². The standard InChI is InChI=1S/C20H20F3N3O3/c21-20(22,23)13-9-10-18(28)26(11-13)12-17(27)25-16-8-4-3-7-15(16)19(29)24-14-5-1-2-6-14/h3-4,7-11,14H,1-2,5-6,12H2,(H,24,29)(H,25,27). The van der Waals surface area contributed by atoms with E-state index in [0.717, 1.165) is 31.7 Å². The van der Waals surface area contributed by atoms with Crippen molar-refractivity contribution >= 4 is 17.5 Å². The van der Waals surface area contributed by atoms with E-state index < -0.39 is 29.8 Å². The molecule has 0 unspecified atom stereocenters. The summed E-state index contributed by atoms with van der Waals surface area (Å²) in [5, 5.41) is 5.43. The summed E-state index contributed by atoms with van der Waals surface area (Å²) in [7, 11) is 0. The zero-order valence-electron chi connectivity index (χ0n) is 15.5. The highest BCUT2D eigenvalue weighted by molar-refractivity contribution is 6.03. The van der Waals surface area contributed by atoms with E-state index in [0.29, 0.717) is 16.8 Å². The summed E-state index contributed by atoms with van der Waals surface area (Å²) in [6.45, 7) is -0.610. The lowest BCUT2D eigenvalue weighted by Gasteiger charge is -2.15. The molecule has 0 bridgehead atoms. The SMILES string of the molecule is O=C(Cn1cc(C(F)(F)F)ccc1=O)Nc1ccccc1C(=O)NC1CCCC1. The third-order valence-corrected chi connectivity index (χ3v) is 4.76. The number of rotatable bonds is 5. The molecule has 154 valence electrons. The zero-order chi connectivity index (χ0) is 21.0. The van der Waals surface area contributed by atoms with Crippen LogP contribution in [-0.4, -0.2) is 22.4 Å². The zero-order valence-corrected chi connectivity index (χ0v) is 15.5. The van der Waals surface area contributed by atoms with Gasteiger partial charge in [0, 0.05) is 18.3 Å². The van der Waals surface area contributed by atoms with Crippen LogP contribution in [0.25, 0.3) is 0 Å². The maximum atomic E-state index is 12.8. The van der Waals surface area contributed by atoms with Gasteiger partial charge in [-0.15, -0.1) is 0 Å². The van der Waals surface area contributed by atoms with Gasteiger partial charge >= 0.3 is 6.18 Å². The van der Waals surface area contributed by atoms with E-state index in [1.54, 1.807) is 18.2 Å². The summed E-state index contributed by atoms with van der Waals surface area (Å²) in [6, 6.07) is 7.87. The number of nitrogens with one attached hydrogen (secondary N) is 2. The molecule has 0 radical (unpaired) electrons. The largest absolute Gasteiger partial charge is 0.417 e. The average Bonchev–Trinajstić information content (AvgIpc) is 3.16. The number of hydrogen-bond acceptors (Lipinski definition) is 3. The van der Waals surface area contributed by atoms with E-state index >= 15 is 0 Å². The first-order valence-electron chi connectivity index (χ1n) is 9.21. The highest BCUT2D eigenvalue weighted by Gasteiger charge is 2.31. The molecule has 1 saturated carbocycles. The number of aromatic nitrogens is 1. The number of amides is 2. The number of carbonyl (C=O) groups excluding carboxylic acids is 2. The number of halogens is 3. The summed E-state index contributed by atoms with van der Waals surface area (Å²) in [4.78, 5) is 36.7. The molecule has 1 heterocycles. The van der Waals surface area contributed by atoms with Gasteiger partial charge in [-0.05, 0) is 31.0 Å². The minimum absolute atomic E-state index is 0.0925. The van der Waals surface area contributed by atoms with Crippen LogP contribution in [0.5, 0.6) is 0 Å². The minimum atomic E-state index is -4.63. The van der Waals surface area contributed by atoms with Gasteiger partial charge in [0.2, 0.25) is 5.91 Å². The second kappa shape index (κ2) is 8.50. The van der Waals surface area contributed by atoms with Crippen molar-refractivity contribution in [1.82, 2.24) is 9.88 Å². The van der Waals surface area contributed by atoms with Crippen LogP contribution in [0.2, 0.25) is 0 Å². The lowest BCUT2D eigenvalue weighted by atomic mass is 10.1. The molecule has 1 aromatic carbocycles. The molecule has 0 spiro atoms. The smallest absolute Gasteiger partial charge is 0.349 e. The Morgan fingerprint density at radius 2 is 1.76 bits per heavy atom. The average molecular weight is 407 g/mol. The number of nitrogens with zero attached hydrogens (tertiary/aromatic N) is 1. The Balaban J connectivity index is 1.73. The molecule has 1 fully saturated rings. The van der Waals surface area contributed by atoms with E-state index in [1.165, 1.54) is 6.07 Å². The highest BCUT2D eigenvalue weighted by atomic mass is 19.4.